The van der Waals surface area contributed by atoms with Crippen molar-refractivity contribution in [3.63, 3.8) is 0 Å². The summed E-state index contributed by atoms with van der Waals surface area (Å²) in [6, 6.07) is 13.2. The number of methoxy groups -OCH3 is 1. The molecular formula is C26H32FN5O2. The molecule has 0 radical (unpaired) electrons. The van der Waals surface area contributed by atoms with Gasteiger partial charge in [0.15, 0.2) is 11.5 Å². The minimum atomic E-state index is -0.302. The van der Waals surface area contributed by atoms with Crippen molar-refractivity contribution in [2.75, 3.05) is 32.1 Å². The summed E-state index contributed by atoms with van der Waals surface area (Å²) in [5, 5.41) is 16.6. The number of nitrogens with one attached hydrogen (secondary N) is 2. The molecule has 7 nitrogen and oxygen atoms in total. The molecule has 1 aromatic heterocycles. The summed E-state index contributed by atoms with van der Waals surface area (Å²) in [5.41, 5.74) is 3.03. The third-order valence-electron chi connectivity index (χ3n) is 6.18. The Hall–Kier alpha value is -3.23. The summed E-state index contributed by atoms with van der Waals surface area (Å²) in [6.45, 7) is 7.64. The van der Waals surface area contributed by atoms with E-state index in [1.165, 1.54) is 13.2 Å². The number of anilines is 1. The number of ether oxygens (including phenoxy) is 1. The molecule has 3 N–H and O–H groups in total. The van der Waals surface area contributed by atoms with E-state index in [1.807, 2.05) is 18.2 Å². The number of nitrogens with zero attached hydrogens (tertiary/aromatic N) is 3. The van der Waals surface area contributed by atoms with Crippen molar-refractivity contribution in [2.45, 2.75) is 38.9 Å². The lowest BCUT2D eigenvalue weighted by Crippen LogP contribution is -2.53. The molecule has 1 fully saturated rings. The van der Waals surface area contributed by atoms with E-state index in [1.54, 1.807) is 24.4 Å². The molecule has 8 heteroatoms. The van der Waals surface area contributed by atoms with Crippen LogP contribution in [0.3, 0.4) is 0 Å². The molecule has 1 aliphatic rings. The van der Waals surface area contributed by atoms with E-state index in [-0.39, 0.29) is 11.6 Å². The van der Waals surface area contributed by atoms with Gasteiger partial charge in [0, 0.05) is 50.0 Å². The molecule has 0 bridgehead atoms. The summed E-state index contributed by atoms with van der Waals surface area (Å²) >= 11 is 0. The molecule has 0 spiro atoms. The van der Waals surface area contributed by atoms with Crippen LogP contribution in [-0.2, 0) is 13.0 Å². The third kappa shape index (κ3) is 5.81. The molecule has 0 saturated carbocycles. The van der Waals surface area contributed by atoms with Crippen molar-refractivity contribution < 1.29 is 14.2 Å². The third-order valence-corrected chi connectivity index (χ3v) is 6.18. The van der Waals surface area contributed by atoms with Crippen LogP contribution in [-0.4, -0.2) is 58.8 Å². The Morgan fingerprint density at radius 3 is 2.79 bits per heavy atom. The normalized spacial score (nSPS) is 18.6. The molecule has 2 heterocycles. The first-order valence-electron chi connectivity index (χ1n) is 11.6. The number of phenols is 1. The largest absolute Gasteiger partial charge is 0.504 e. The molecular weight excluding hydrogens is 433 g/mol. The highest BCUT2D eigenvalue weighted by Crippen LogP contribution is 2.27. The summed E-state index contributed by atoms with van der Waals surface area (Å²) in [7, 11) is 1.52. The number of rotatable bonds is 8. The van der Waals surface area contributed by atoms with Gasteiger partial charge in [-0.3, -0.25) is 4.90 Å². The summed E-state index contributed by atoms with van der Waals surface area (Å²) in [4.78, 5) is 11.2. The average molecular weight is 466 g/mol. The molecule has 2 aromatic carbocycles. The topological polar surface area (TPSA) is 82.5 Å². The minimum Gasteiger partial charge on any atom is -0.504 e. The second-order valence-electron chi connectivity index (χ2n) is 8.85. The van der Waals surface area contributed by atoms with Crippen LogP contribution in [0.2, 0.25) is 0 Å². The Morgan fingerprint density at radius 1 is 1.18 bits per heavy atom. The van der Waals surface area contributed by atoms with E-state index in [4.69, 9.17) is 4.74 Å². The van der Waals surface area contributed by atoms with E-state index in [2.05, 4.69) is 39.3 Å². The van der Waals surface area contributed by atoms with Crippen LogP contribution >= 0.6 is 0 Å². The van der Waals surface area contributed by atoms with E-state index < -0.39 is 0 Å². The zero-order valence-corrected chi connectivity index (χ0v) is 19.9. The van der Waals surface area contributed by atoms with Gasteiger partial charge in [0.2, 0.25) is 5.95 Å². The number of piperazine rings is 1. The van der Waals surface area contributed by atoms with Gasteiger partial charge in [-0.25, -0.2) is 14.4 Å². The molecule has 2 atom stereocenters. The molecule has 4 rings (SSSR count). The van der Waals surface area contributed by atoms with Crippen molar-refractivity contribution in [3.05, 3.63) is 65.6 Å². The SMILES string of the molecule is COc1ccc(CCNc2nccc(-c3cc(CN4C[C@@H](C)NC[C@H]4C)ccc3F)n2)cc1O. The highest BCUT2D eigenvalue weighted by Gasteiger charge is 2.22. The van der Waals surface area contributed by atoms with Gasteiger partial charge in [-0.2, -0.15) is 0 Å². The van der Waals surface area contributed by atoms with Crippen molar-refractivity contribution in [1.29, 1.82) is 0 Å². The summed E-state index contributed by atoms with van der Waals surface area (Å²) in [6.07, 6.45) is 2.30. The van der Waals surface area contributed by atoms with Crippen molar-refractivity contribution >= 4 is 5.95 Å². The fourth-order valence-electron chi connectivity index (χ4n) is 4.22. The van der Waals surface area contributed by atoms with Crippen molar-refractivity contribution in [1.82, 2.24) is 20.2 Å². The van der Waals surface area contributed by atoms with Gasteiger partial charge in [-0.05, 0) is 61.7 Å². The van der Waals surface area contributed by atoms with Gasteiger partial charge in [-0.15, -0.1) is 0 Å². The molecule has 34 heavy (non-hydrogen) atoms. The average Bonchev–Trinajstić information content (AvgIpc) is 2.83. The number of aromatic nitrogens is 2. The summed E-state index contributed by atoms with van der Waals surface area (Å²) in [5.74, 6) is 0.685. The number of benzene rings is 2. The monoisotopic (exact) mass is 465 g/mol. The predicted molar refractivity (Wildman–Crippen MR) is 132 cm³/mol. The zero-order valence-electron chi connectivity index (χ0n) is 19.9. The molecule has 1 saturated heterocycles. The fraction of sp³-hybridized carbons (Fsp3) is 0.385. The van der Waals surface area contributed by atoms with Gasteiger partial charge in [0.1, 0.15) is 5.82 Å². The predicted octanol–water partition coefficient (Wildman–Crippen LogP) is 3.83. The van der Waals surface area contributed by atoms with Crippen LogP contribution < -0.4 is 15.4 Å². The number of phenolic OH excluding ortho intramolecular Hbond substituents is 1. The minimum absolute atomic E-state index is 0.110. The second-order valence-corrected chi connectivity index (χ2v) is 8.85. The lowest BCUT2D eigenvalue weighted by molar-refractivity contribution is 0.139. The highest BCUT2D eigenvalue weighted by atomic mass is 19.1. The second kappa shape index (κ2) is 10.8. The van der Waals surface area contributed by atoms with Gasteiger partial charge < -0.3 is 20.5 Å². The van der Waals surface area contributed by atoms with Crippen LogP contribution in [0.4, 0.5) is 10.3 Å². The van der Waals surface area contributed by atoms with Gasteiger partial charge in [0.25, 0.3) is 0 Å². The quantitative estimate of drug-likeness (QED) is 0.466. The molecule has 0 unspecified atom stereocenters. The van der Waals surface area contributed by atoms with Crippen LogP contribution in [0.5, 0.6) is 11.5 Å². The molecule has 0 aliphatic carbocycles. The first kappa shape index (κ1) is 23.9. The van der Waals surface area contributed by atoms with Crippen molar-refractivity contribution in [3.8, 4) is 22.8 Å². The number of hydrogen-bond donors (Lipinski definition) is 3. The Bertz CT molecular complexity index is 1130. The van der Waals surface area contributed by atoms with Crippen molar-refractivity contribution in [2.24, 2.45) is 0 Å². The molecule has 180 valence electrons. The van der Waals surface area contributed by atoms with Crippen LogP contribution in [0.15, 0.2) is 48.7 Å². The van der Waals surface area contributed by atoms with E-state index in [0.717, 1.165) is 30.8 Å². The molecule has 1 aliphatic heterocycles. The van der Waals surface area contributed by atoms with E-state index in [9.17, 15) is 9.50 Å². The Morgan fingerprint density at radius 2 is 2.00 bits per heavy atom. The Kier molecular flexibility index (Phi) is 7.59. The number of hydrogen-bond acceptors (Lipinski definition) is 7. The summed E-state index contributed by atoms with van der Waals surface area (Å²) < 4.78 is 19.8. The molecule has 3 aromatic rings. The van der Waals surface area contributed by atoms with Gasteiger partial charge in [-0.1, -0.05) is 12.1 Å². The lowest BCUT2D eigenvalue weighted by atomic mass is 10.0. The maximum absolute atomic E-state index is 14.7. The fourth-order valence-corrected chi connectivity index (χ4v) is 4.22. The standard InChI is InChI=1S/C26H32FN5O2/c1-17-15-32(18(2)14-30-17)16-20-4-6-22(27)21(12-20)23-9-11-29-26(31-23)28-10-8-19-5-7-25(34-3)24(33)13-19/h4-7,9,11-13,17-18,30,33H,8,10,14-16H2,1-3H3,(H,28,29,31)/t17-,18-/m1/s1. The highest BCUT2D eigenvalue weighted by molar-refractivity contribution is 5.62. The van der Waals surface area contributed by atoms with Crippen LogP contribution in [0, 0.1) is 5.82 Å². The van der Waals surface area contributed by atoms with E-state index >= 15 is 0 Å². The number of aromatic hydroxyl groups is 1. The first-order chi connectivity index (χ1) is 16.4. The maximum Gasteiger partial charge on any atom is 0.223 e. The Balaban J connectivity index is 1.43. The lowest BCUT2D eigenvalue weighted by Gasteiger charge is -2.37. The van der Waals surface area contributed by atoms with Gasteiger partial charge in [0.05, 0.1) is 12.8 Å². The first-order valence-corrected chi connectivity index (χ1v) is 11.6. The molecule has 0 amide bonds. The smallest absolute Gasteiger partial charge is 0.223 e. The van der Waals surface area contributed by atoms with Crippen LogP contribution in [0.1, 0.15) is 25.0 Å². The van der Waals surface area contributed by atoms with E-state index in [0.29, 0.717) is 48.0 Å². The zero-order chi connectivity index (χ0) is 24.1. The van der Waals surface area contributed by atoms with Crippen LogP contribution in [0.25, 0.3) is 11.3 Å². The Labute approximate surface area is 200 Å². The van der Waals surface area contributed by atoms with Gasteiger partial charge >= 0.3 is 0 Å². The maximum atomic E-state index is 14.7. The number of halogens is 1.